The van der Waals surface area contributed by atoms with Crippen molar-refractivity contribution >= 4 is 31.5 Å². The average Bonchev–Trinajstić information content (AvgIpc) is 2.64. The van der Waals surface area contributed by atoms with Gasteiger partial charge in [-0.2, -0.15) is 0 Å². The molecule has 0 aromatic heterocycles. The lowest BCUT2D eigenvalue weighted by Crippen LogP contribution is -2.29. The first-order valence-electron chi connectivity index (χ1n) is 9.00. The van der Waals surface area contributed by atoms with Crippen LogP contribution in [0, 0.1) is 6.92 Å². The van der Waals surface area contributed by atoms with Crippen LogP contribution in [0.5, 0.6) is 0 Å². The van der Waals surface area contributed by atoms with Gasteiger partial charge < -0.3 is 5.32 Å². The van der Waals surface area contributed by atoms with Crippen LogP contribution < -0.4 is 9.62 Å². The van der Waals surface area contributed by atoms with E-state index in [0.717, 1.165) is 27.9 Å². The monoisotopic (exact) mass is 438 g/mol. The number of benzene rings is 2. The highest BCUT2D eigenvalue weighted by molar-refractivity contribution is 7.92. The summed E-state index contributed by atoms with van der Waals surface area (Å²) in [5, 5.41) is 2.93. The van der Waals surface area contributed by atoms with Gasteiger partial charge in [0.1, 0.15) is 0 Å². The van der Waals surface area contributed by atoms with Crippen LogP contribution in [0.2, 0.25) is 0 Å². The molecular formula is C20H26N2O5S2. The second-order valence-electron chi connectivity index (χ2n) is 7.01. The van der Waals surface area contributed by atoms with E-state index < -0.39 is 19.9 Å². The molecule has 0 unspecified atom stereocenters. The lowest BCUT2D eigenvalue weighted by molar-refractivity contribution is 0.0935. The minimum absolute atomic E-state index is 0.217. The number of sulfone groups is 1. The van der Waals surface area contributed by atoms with Crippen LogP contribution in [-0.4, -0.2) is 42.3 Å². The maximum absolute atomic E-state index is 12.8. The van der Waals surface area contributed by atoms with Gasteiger partial charge in [0.15, 0.2) is 9.84 Å². The summed E-state index contributed by atoms with van der Waals surface area (Å²) in [6, 6.07) is 11.0. The fraction of sp³-hybridized carbons (Fsp3) is 0.350. The van der Waals surface area contributed by atoms with Gasteiger partial charge in [0.2, 0.25) is 10.0 Å². The highest BCUT2D eigenvalue weighted by Gasteiger charge is 2.19. The molecule has 7 nitrogen and oxygen atoms in total. The van der Waals surface area contributed by atoms with Crippen LogP contribution in [-0.2, 0) is 19.9 Å². The number of nitrogens with one attached hydrogen (secondary N) is 1. The Hall–Kier alpha value is -2.39. The Morgan fingerprint density at radius 1 is 1.03 bits per heavy atom. The molecule has 2 aromatic rings. The van der Waals surface area contributed by atoms with Gasteiger partial charge in [-0.1, -0.05) is 25.1 Å². The van der Waals surface area contributed by atoms with Crippen molar-refractivity contribution in [1.82, 2.24) is 5.32 Å². The number of hydrogen-bond donors (Lipinski definition) is 1. The number of sulfonamides is 1. The zero-order chi connectivity index (χ0) is 22.0. The van der Waals surface area contributed by atoms with Crippen molar-refractivity contribution < 1.29 is 21.6 Å². The fourth-order valence-electron chi connectivity index (χ4n) is 2.88. The van der Waals surface area contributed by atoms with Gasteiger partial charge in [0.05, 0.1) is 22.9 Å². The summed E-state index contributed by atoms with van der Waals surface area (Å²) in [6.45, 7) is 3.68. The number of hydrogen-bond acceptors (Lipinski definition) is 5. The Morgan fingerprint density at radius 2 is 1.62 bits per heavy atom. The zero-order valence-electron chi connectivity index (χ0n) is 17.1. The number of anilines is 1. The maximum atomic E-state index is 12.8. The largest absolute Gasteiger partial charge is 0.345 e. The Balaban J connectivity index is 2.28. The molecule has 0 aliphatic heterocycles. The summed E-state index contributed by atoms with van der Waals surface area (Å²) < 4.78 is 48.1. The highest BCUT2D eigenvalue weighted by atomic mass is 32.2. The molecule has 0 aliphatic rings. The number of amides is 1. The molecule has 1 N–H and O–H groups in total. The normalized spacial score (nSPS) is 13.0. The second-order valence-corrected chi connectivity index (χ2v) is 11.0. The molecule has 1 atom stereocenters. The lowest BCUT2D eigenvalue weighted by atomic mass is 10.0. The van der Waals surface area contributed by atoms with Gasteiger partial charge in [0, 0.05) is 18.9 Å². The van der Waals surface area contributed by atoms with Crippen LogP contribution in [0.1, 0.15) is 40.9 Å². The molecule has 0 heterocycles. The minimum Gasteiger partial charge on any atom is -0.345 e. The third kappa shape index (κ3) is 5.57. The molecule has 0 saturated heterocycles. The summed E-state index contributed by atoms with van der Waals surface area (Å²) in [7, 11) is -5.30. The first-order valence-corrected chi connectivity index (χ1v) is 12.7. The van der Waals surface area contributed by atoms with Crippen LogP contribution in [0.25, 0.3) is 0 Å². The summed E-state index contributed by atoms with van der Waals surface area (Å²) in [4.78, 5) is 13.0. The highest BCUT2D eigenvalue weighted by Crippen LogP contribution is 2.24. The topological polar surface area (TPSA) is 101 Å². The molecule has 0 radical (unpaired) electrons. The molecule has 0 bridgehead atoms. The zero-order valence-corrected chi connectivity index (χ0v) is 18.8. The molecule has 0 aliphatic carbocycles. The summed E-state index contributed by atoms with van der Waals surface area (Å²) in [6.07, 6.45) is 2.85. The molecule has 2 aromatic carbocycles. The molecule has 158 valence electrons. The average molecular weight is 439 g/mol. The van der Waals surface area contributed by atoms with Gasteiger partial charge >= 0.3 is 0 Å². The lowest BCUT2D eigenvalue weighted by Gasteiger charge is -2.21. The van der Waals surface area contributed by atoms with E-state index in [2.05, 4.69) is 5.32 Å². The van der Waals surface area contributed by atoms with Crippen LogP contribution >= 0.6 is 0 Å². The SMILES string of the molecule is CC[C@@H](NC(=O)c1ccc(C)c(N(C)S(C)(=O)=O)c1)c1ccc(S(C)(=O)=O)cc1. The molecule has 2 rings (SSSR count). The van der Waals surface area contributed by atoms with Crippen LogP contribution in [0.4, 0.5) is 5.69 Å². The van der Waals surface area contributed by atoms with Gasteiger partial charge in [-0.3, -0.25) is 9.10 Å². The third-order valence-corrected chi connectivity index (χ3v) is 7.05. The van der Waals surface area contributed by atoms with Gasteiger partial charge in [-0.25, -0.2) is 16.8 Å². The van der Waals surface area contributed by atoms with E-state index in [-0.39, 0.29) is 16.8 Å². The first kappa shape index (κ1) is 22.9. The first-order chi connectivity index (χ1) is 13.3. The Bertz CT molecular complexity index is 1110. The van der Waals surface area contributed by atoms with Gasteiger partial charge in [-0.15, -0.1) is 0 Å². The minimum atomic E-state index is -3.46. The van der Waals surface area contributed by atoms with Crippen LogP contribution in [0.3, 0.4) is 0 Å². The van der Waals surface area contributed by atoms with Crippen LogP contribution in [0.15, 0.2) is 47.4 Å². The Morgan fingerprint density at radius 3 is 2.10 bits per heavy atom. The van der Waals surface area contributed by atoms with E-state index in [4.69, 9.17) is 0 Å². The standard InChI is InChI=1S/C20H26N2O5S2/c1-6-18(15-9-11-17(12-10-15)28(4,24)25)21-20(23)16-8-7-14(2)19(13-16)22(3)29(5,26)27/h7-13,18H,6H2,1-5H3,(H,21,23)/t18-/m1/s1. The molecule has 29 heavy (non-hydrogen) atoms. The predicted molar refractivity (Wildman–Crippen MR) is 114 cm³/mol. The van der Waals surface area contributed by atoms with Gasteiger partial charge in [-0.05, 0) is 48.7 Å². The Labute approximate surface area is 172 Å². The number of nitrogens with zero attached hydrogens (tertiary/aromatic N) is 1. The molecule has 0 fully saturated rings. The van der Waals surface area contributed by atoms with E-state index >= 15 is 0 Å². The predicted octanol–water partition coefficient (Wildman–Crippen LogP) is 2.68. The van der Waals surface area contributed by atoms with Crippen molar-refractivity contribution in [2.24, 2.45) is 0 Å². The van der Waals surface area contributed by atoms with E-state index in [1.165, 1.54) is 19.2 Å². The van der Waals surface area contributed by atoms with Crippen molar-refractivity contribution in [3.63, 3.8) is 0 Å². The van der Waals surface area contributed by atoms with Gasteiger partial charge in [0.25, 0.3) is 5.91 Å². The molecule has 1 amide bonds. The summed E-state index contributed by atoms with van der Waals surface area (Å²) in [5.74, 6) is -0.341. The third-order valence-electron chi connectivity index (χ3n) is 4.73. The van der Waals surface area contributed by atoms with E-state index in [1.807, 2.05) is 6.92 Å². The smallest absolute Gasteiger partial charge is 0.251 e. The van der Waals surface area contributed by atoms with Crippen molar-refractivity contribution in [1.29, 1.82) is 0 Å². The quantitative estimate of drug-likeness (QED) is 0.716. The number of rotatable bonds is 7. The van der Waals surface area contributed by atoms with Crippen molar-refractivity contribution in [3.05, 3.63) is 59.2 Å². The molecule has 0 spiro atoms. The molecule has 0 saturated carbocycles. The summed E-state index contributed by atoms with van der Waals surface area (Å²) >= 11 is 0. The van der Waals surface area contributed by atoms with E-state index in [0.29, 0.717) is 17.7 Å². The van der Waals surface area contributed by atoms with E-state index in [9.17, 15) is 21.6 Å². The van der Waals surface area contributed by atoms with Crippen molar-refractivity contribution in [3.8, 4) is 0 Å². The Kier molecular flexibility index (Phi) is 6.74. The summed E-state index contributed by atoms with van der Waals surface area (Å²) in [5.41, 5.74) is 2.30. The number of carbonyl (C=O) groups is 1. The number of aryl methyl sites for hydroxylation is 1. The maximum Gasteiger partial charge on any atom is 0.251 e. The number of carbonyl (C=O) groups excluding carboxylic acids is 1. The molecular weight excluding hydrogens is 412 g/mol. The second kappa shape index (κ2) is 8.54. The fourth-order valence-corrected chi connectivity index (χ4v) is 4.06. The van der Waals surface area contributed by atoms with Crippen molar-refractivity contribution in [2.75, 3.05) is 23.9 Å². The molecule has 9 heteroatoms. The van der Waals surface area contributed by atoms with Crippen molar-refractivity contribution in [2.45, 2.75) is 31.2 Å². The van der Waals surface area contributed by atoms with E-state index in [1.54, 1.807) is 37.3 Å².